The van der Waals surface area contributed by atoms with Gasteiger partial charge in [0.15, 0.2) is 0 Å². The maximum Gasteiger partial charge on any atom is 0.266 e. The lowest BCUT2D eigenvalue weighted by Crippen LogP contribution is -2.62. The molecule has 0 heterocycles. The molecule has 7 N–H and O–H groups in total. The number of rotatable bonds is 7. The van der Waals surface area contributed by atoms with E-state index in [0.717, 1.165) is 38.5 Å². The number of hydrogen-bond acceptors (Lipinski definition) is 6. The molecule has 0 bridgehead atoms. The molecule has 0 aliphatic heterocycles. The third-order valence-electron chi connectivity index (χ3n) is 11.0. The van der Waals surface area contributed by atoms with Crippen LogP contribution in [0.3, 0.4) is 0 Å². The van der Waals surface area contributed by atoms with Gasteiger partial charge < -0.3 is 26.1 Å². The molecule has 4 fully saturated rings. The fourth-order valence-electron chi connectivity index (χ4n) is 9.10. The zero-order valence-corrected chi connectivity index (χ0v) is 22.7. The maximum atomic E-state index is 12.2. The Labute approximate surface area is 215 Å². The molecule has 0 saturated heterocycles. The second-order valence-corrected chi connectivity index (χ2v) is 14.2. The summed E-state index contributed by atoms with van der Waals surface area (Å²) in [6.45, 7) is 6.56. The van der Waals surface area contributed by atoms with Gasteiger partial charge in [-0.3, -0.25) is 9.35 Å². The van der Waals surface area contributed by atoms with Gasteiger partial charge in [0, 0.05) is 13.0 Å². The van der Waals surface area contributed by atoms with Crippen molar-refractivity contribution in [2.45, 2.75) is 96.9 Å². The summed E-state index contributed by atoms with van der Waals surface area (Å²) in [6, 6.07) is 0. The van der Waals surface area contributed by atoms with Crippen molar-refractivity contribution >= 4 is 16.0 Å². The molecule has 0 radical (unpaired) electrons. The van der Waals surface area contributed by atoms with Gasteiger partial charge in [0.2, 0.25) is 5.91 Å². The predicted octanol–water partition coefficient (Wildman–Crippen LogP) is 1.54. The molecule has 0 aromatic heterocycles. The number of aliphatic hydroxyl groups is 3. The van der Waals surface area contributed by atoms with E-state index in [2.05, 4.69) is 26.1 Å². The summed E-state index contributed by atoms with van der Waals surface area (Å²) in [5.41, 5.74) is -0.254. The Balaban J connectivity index is 0.00000361. The Kier molecular flexibility index (Phi) is 8.91. The fourth-order valence-corrected chi connectivity index (χ4v) is 9.46. The van der Waals surface area contributed by atoms with Crippen LogP contribution in [0.15, 0.2) is 0 Å². The lowest BCUT2D eigenvalue weighted by Gasteiger charge is -2.63. The van der Waals surface area contributed by atoms with Crippen molar-refractivity contribution in [3.63, 3.8) is 0 Å². The summed E-state index contributed by atoms with van der Waals surface area (Å²) in [7, 11) is -4.10. The number of carbonyl (C=O) groups excluding carboxylic acids is 1. The largest absolute Gasteiger partial charge is 0.412 e. The smallest absolute Gasteiger partial charge is 0.266 e. The second-order valence-electron chi connectivity index (χ2n) is 12.7. The Morgan fingerprint density at radius 3 is 2.42 bits per heavy atom. The third-order valence-corrected chi connectivity index (χ3v) is 11.7. The molecule has 36 heavy (non-hydrogen) atoms. The van der Waals surface area contributed by atoms with Crippen LogP contribution in [-0.2, 0) is 14.9 Å². The molecule has 4 saturated carbocycles. The van der Waals surface area contributed by atoms with Crippen LogP contribution in [-0.4, -0.2) is 70.3 Å². The lowest BCUT2D eigenvalue weighted by atomic mass is 9.43. The first-order valence-corrected chi connectivity index (χ1v) is 15.1. The fraction of sp³-hybridized carbons (Fsp3) is 0.962. The number of nitrogens with one attached hydrogen (secondary N) is 1. The van der Waals surface area contributed by atoms with Gasteiger partial charge in [-0.2, -0.15) is 8.42 Å². The number of fused-ring (bicyclic) bond motifs is 5. The first kappa shape index (κ1) is 29.8. The number of aliphatic hydroxyl groups excluding tert-OH is 3. The van der Waals surface area contributed by atoms with Crippen LogP contribution in [0, 0.1) is 46.3 Å². The van der Waals surface area contributed by atoms with Gasteiger partial charge in [0.05, 0.1) is 24.1 Å². The average molecular weight is 534 g/mol. The molecule has 210 valence electrons. The molecule has 1 amide bonds. The second kappa shape index (κ2) is 10.8. The van der Waals surface area contributed by atoms with E-state index in [1.54, 1.807) is 0 Å². The van der Waals surface area contributed by atoms with E-state index in [1.807, 2.05) is 0 Å². The molecule has 4 rings (SSSR count). The molecular formula is C26H47NO8S. The van der Waals surface area contributed by atoms with Crippen molar-refractivity contribution in [2.24, 2.45) is 46.3 Å². The lowest BCUT2D eigenvalue weighted by molar-refractivity contribution is -0.207. The Bertz CT molecular complexity index is 898. The van der Waals surface area contributed by atoms with Crippen LogP contribution in [0.2, 0.25) is 0 Å². The molecule has 4 aliphatic carbocycles. The van der Waals surface area contributed by atoms with Crippen LogP contribution in [0.5, 0.6) is 0 Å². The van der Waals surface area contributed by atoms with E-state index < -0.39 is 28.1 Å². The standard InChI is InChI=1S/C26H45NO7S.H2O/c1-15(4-7-23(31)27-10-11-35(32,33)34)18-5-6-19-24-20(14-22(30)26(18,19)3)25(2)9-8-17(28)12-16(25)13-21(24)29;/h15-22,24,28-30H,4-14H2,1-3H3,(H,27,31)(H,32,33,34);1H2/t15-,16+,17-,18-,19+,20+,21-,22+,24+,25+,26-;/m1./s1. The first-order valence-electron chi connectivity index (χ1n) is 13.5. The molecule has 10 heteroatoms. The minimum absolute atomic E-state index is 0. The quantitative estimate of drug-likeness (QED) is 0.308. The summed E-state index contributed by atoms with van der Waals surface area (Å²) in [5.74, 6) is 0.705. The van der Waals surface area contributed by atoms with Crippen LogP contribution < -0.4 is 5.32 Å². The summed E-state index contributed by atoms with van der Waals surface area (Å²) < 4.78 is 30.5. The van der Waals surface area contributed by atoms with Crippen LogP contribution in [0.4, 0.5) is 0 Å². The molecule has 11 atom stereocenters. The minimum Gasteiger partial charge on any atom is -0.412 e. The zero-order chi connectivity index (χ0) is 25.8. The van der Waals surface area contributed by atoms with E-state index in [1.165, 1.54) is 0 Å². The summed E-state index contributed by atoms with van der Waals surface area (Å²) in [5, 5.41) is 35.8. The maximum absolute atomic E-state index is 12.2. The summed E-state index contributed by atoms with van der Waals surface area (Å²) in [6.07, 6.45) is 5.67. The highest BCUT2D eigenvalue weighted by atomic mass is 32.2. The van der Waals surface area contributed by atoms with Gasteiger partial charge in [-0.1, -0.05) is 20.8 Å². The summed E-state index contributed by atoms with van der Waals surface area (Å²) >= 11 is 0. The van der Waals surface area contributed by atoms with Crippen molar-refractivity contribution in [2.75, 3.05) is 12.3 Å². The van der Waals surface area contributed by atoms with Gasteiger partial charge in [0.25, 0.3) is 10.1 Å². The van der Waals surface area contributed by atoms with Crippen LogP contribution in [0.1, 0.15) is 78.6 Å². The Hall–Kier alpha value is -0.780. The van der Waals surface area contributed by atoms with Crippen molar-refractivity contribution in [3.05, 3.63) is 0 Å². The highest BCUT2D eigenvalue weighted by Crippen LogP contribution is 2.68. The van der Waals surface area contributed by atoms with E-state index in [4.69, 9.17) is 4.55 Å². The van der Waals surface area contributed by atoms with E-state index >= 15 is 0 Å². The van der Waals surface area contributed by atoms with E-state index in [0.29, 0.717) is 18.8 Å². The third kappa shape index (κ3) is 5.36. The van der Waals surface area contributed by atoms with Gasteiger partial charge >= 0.3 is 0 Å². The Morgan fingerprint density at radius 1 is 1.06 bits per heavy atom. The van der Waals surface area contributed by atoms with Crippen molar-refractivity contribution < 1.29 is 38.6 Å². The molecular weight excluding hydrogens is 486 g/mol. The van der Waals surface area contributed by atoms with Gasteiger partial charge in [-0.15, -0.1) is 0 Å². The SMILES string of the molecule is C[C@H](CCC(=O)NCCS(=O)(=O)O)[C@H]1CC[C@H]2[C@@H]3[C@H](O)C[C@@H]4C[C@H](O)CC[C@]4(C)[C@H]3C[C@H](O)[C@]12C.O. The first-order chi connectivity index (χ1) is 16.3. The average Bonchev–Trinajstić information content (AvgIpc) is 3.12. The Morgan fingerprint density at radius 2 is 1.75 bits per heavy atom. The molecule has 9 nitrogen and oxygen atoms in total. The highest BCUT2D eigenvalue weighted by Gasteiger charge is 2.65. The van der Waals surface area contributed by atoms with Gasteiger partial charge in [-0.05, 0) is 97.7 Å². The van der Waals surface area contributed by atoms with Gasteiger partial charge in [-0.25, -0.2) is 0 Å². The number of amides is 1. The molecule has 0 spiro atoms. The predicted molar refractivity (Wildman–Crippen MR) is 135 cm³/mol. The van der Waals surface area contributed by atoms with Crippen LogP contribution in [0.25, 0.3) is 0 Å². The highest BCUT2D eigenvalue weighted by molar-refractivity contribution is 7.85. The molecule has 0 aromatic rings. The van der Waals surface area contributed by atoms with Crippen molar-refractivity contribution in [1.29, 1.82) is 0 Å². The molecule has 4 aliphatic rings. The van der Waals surface area contributed by atoms with Crippen molar-refractivity contribution in [1.82, 2.24) is 5.32 Å². The van der Waals surface area contributed by atoms with Gasteiger partial charge in [0.1, 0.15) is 0 Å². The zero-order valence-electron chi connectivity index (χ0n) is 21.9. The number of carbonyl (C=O) groups is 1. The van der Waals surface area contributed by atoms with E-state index in [-0.39, 0.29) is 70.9 Å². The van der Waals surface area contributed by atoms with Crippen LogP contribution >= 0.6 is 0 Å². The monoisotopic (exact) mass is 533 g/mol. The van der Waals surface area contributed by atoms with Crippen molar-refractivity contribution in [3.8, 4) is 0 Å². The van der Waals surface area contributed by atoms with E-state index in [9.17, 15) is 28.5 Å². The number of hydrogen-bond donors (Lipinski definition) is 5. The normalized spacial score (nSPS) is 45.0. The summed E-state index contributed by atoms with van der Waals surface area (Å²) in [4.78, 5) is 12.2. The molecule has 0 aromatic carbocycles. The minimum atomic E-state index is -4.10. The molecule has 0 unspecified atom stereocenters. The topological polar surface area (TPSA) is 176 Å².